The molecule has 0 aliphatic carbocycles. The summed E-state index contributed by atoms with van der Waals surface area (Å²) in [6, 6.07) is 9.66. The average Bonchev–Trinajstić information content (AvgIpc) is 2.37. The van der Waals surface area contributed by atoms with E-state index in [0.29, 0.717) is 9.52 Å². The van der Waals surface area contributed by atoms with Crippen molar-refractivity contribution in [1.82, 2.24) is 9.97 Å². The number of aromatic amines is 1. The van der Waals surface area contributed by atoms with E-state index in [0.717, 1.165) is 24.2 Å². The minimum Gasteiger partial charge on any atom is -0.326 e. The number of anilines is 2. The molecule has 2 N–H and O–H groups in total. The summed E-state index contributed by atoms with van der Waals surface area (Å²) in [5, 5.41) is 3.10. The van der Waals surface area contributed by atoms with Crippen LogP contribution in [0.25, 0.3) is 0 Å². The molecular formula is C13H14IN3O. The minimum atomic E-state index is -0.0903. The molecule has 0 amide bonds. The topological polar surface area (TPSA) is 57.8 Å². The molecule has 0 atom stereocenters. The van der Waals surface area contributed by atoms with Crippen molar-refractivity contribution < 1.29 is 0 Å². The van der Waals surface area contributed by atoms with Gasteiger partial charge in [-0.25, -0.2) is 4.98 Å². The van der Waals surface area contributed by atoms with Crippen LogP contribution in [0, 0.1) is 3.57 Å². The third-order valence-corrected chi connectivity index (χ3v) is 3.57. The van der Waals surface area contributed by atoms with Crippen LogP contribution in [0.3, 0.4) is 0 Å². The molecule has 0 saturated carbocycles. The quantitative estimate of drug-likeness (QED) is 0.829. The first-order valence-electron chi connectivity index (χ1n) is 5.81. The van der Waals surface area contributed by atoms with Gasteiger partial charge in [0.15, 0.2) is 0 Å². The van der Waals surface area contributed by atoms with Crippen molar-refractivity contribution in [2.24, 2.45) is 0 Å². The van der Waals surface area contributed by atoms with Gasteiger partial charge >= 0.3 is 0 Å². The third-order valence-electron chi connectivity index (χ3n) is 2.45. The van der Waals surface area contributed by atoms with Gasteiger partial charge in [0.05, 0.1) is 9.26 Å². The van der Waals surface area contributed by atoms with E-state index in [9.17, 15) is 4.79 Å². The van der Waals surface area contributed by atoms with Crippen LogP contribution in [0.4, 0.5) is 11.6 Å². The summed E-state index contributed by atoms with van der Waals surface area (Å²) in [6.07, 6.45) is 1.78. The number of hydrogen-bond acceptors (Lipinski definition) is 3. The summed E-state index contributed by atoms with van der Waals surface area (Å²) in [5.74, 6) is 0.495. The average molecular weight is 355 g/mol. The van der Waals surface area contributed by atoms with E-state index in [-0.39, 0.29) is 5.56 Å². The monoisotopic (exact) mass is 355 g/mol. The predicted molar refractivity (Wildman–Crippen MR) is 81.3 cm³/mol. The van der Waals surface area contributed by atoms with E-state index in [1.54, 1.807) is 0 Å². The van der Waals surface area contributed by atoms with Crippen LogP contribution in [0.2, 0.25) is 0 Å². The summed E-state index contributed by atoms with van der Waals surface area (Å²) < 4.78 is 0.674. The van der Waals surface area contributed by atoms with E-state index in [2.05, 4.69) is 22.2 Å². The van der Waals surface area contributed by atoms with Crippen molar-refractivity contribution in [1.29, 1.82) is 0 Å². The van der Waals surface area contributed by atoms with Crippen LogP contribution in [-0.4, -0.2) is 9.97 Å². The number of benzene rings is 1. The highest BCUT2D eigenvalue weighted by Crippen LogP contribution is 2.13. The Morgan fingerprint density at radius 1 is 1.33 bits per heavy atom. The number of rotatable bonds is 4. The van der Waals surface area contributed by atoms with Crippen molar-refractivity contribution in [2.75, 3.05) is 5.32 Å². The predicted octanol–water partition coefficient (Wildman–Crippen LogP) is 3.07. The normalized spacial score (nSPS) is 10.3. The highest BCUT2D eigenvalue weighted by atomic mass is 127. The van der Waals surface area contributed by atoms with Crippen molar-refractivity contribution in [3.63, 3.8) is 0 Å². The molecule has 0 fully saturated rings. The maximum absolute atomic E-state index is 11.8. The lowest BCUT2D eigenvalue weighted by atomic mass is 10.2. The molecule has 0 spiro atoms. The smallest absolute Gasteiger partial charge is 0.266 e. The van der Waals surface area contributed by atoms with Gasteiger partial charge in [0.25, 0.3) is 5.56 Å². The van der Waals surface area contributed by atoms with Crippen molar-refractivity contribution >= 4 is 34.2 Å². The summed E-state index contributed by atoms with van der Waals surface area (Å²) in [4.78, 5) is 19.0. The Labute approximate surface area is 119 Å². The van der Waals surface area contributed by atoms with Gasteiger partial charge in [-0.3, -0.25) is 9.78 Å². The highest BCUT2D eigenvalue weighted by molar-refractivity contribution is 14.1. The van der Waals surface area contributed by atoms with E-state index in [4.69, 9.17) is 0 Å². The molecule has 5 heteroatoms. The molecule has 18 heavy (non-hydrogen) atoms. The standard InChI is InChI=1S/C13H14IN3O/c1-2-6-10-11(14)12(18)17-13(16-10)15-9-7-4-3-5-8-9/h3-5,7-8H,2,6H2,1H3,(H2,15,16,17,18). The minimum absolute atomic E-state index is 0.0903. The second kappa shape index (κ2) is 5.99. The van der Waals surface area contributed by atoms with Crippen LogP contribution in [0.15, 0.2) is 35.1 Å². The SMILES string of the molecule is CCCc1nc(Nc2ccccc2)[nH]c(=O)c1I. The lowest BCUT2D eigenvalue weighted by Crippen LogP contribution is -2.17. The van der Waals surface area contributed by atoms with Gasteiger partial charge in [0.2, 0.25) is 5.95 Å². The lowest BCUT2D eigenvalue weighted by Gasteiger charge is -2.08. The summed E-state index contributed by atoms with van der Waals surface area (Å²) in [6.45, 7) is 2.07. The van der Waals surface area contributed by atoms with Gasteiger partial charge in [-0.05, 0) is 41.1 Å². The van der Waals surface area contributed by atoms with Gasteiger partial charge in [-0.2, -0.15) is 0 Å². The third kappa shape index (κ3) is 3.10. The summed E-state index contributed by atoms with van der Waals surface area (Å²) >= 11 is 2.04. The molecule has 0 radical (unpaired) electrons. The maximum Gasteiger partial charge on any atom is 0.266 e. The van der Waals surface area contributed by atoms with Crippen LogP contribution in [-0.2, 0) is 6.42 Å². The Kier molecular flexibility index (Phi) is 4.35. The first kappa shape index (κ1) is 13.1. The molecule has 1 aromatic heterocycles. The number of aryl methyl sites for hydroxylation is 1. The zero-order valence-corrected chi connectivity index (χ0v) is 12.2. The number of nitrogens with zero attached hydrogens (tertiary/aromatic N) is 1. The molecule has 2 aromatic rings. The van der Waals surface area contributed by atoms with E-state index < -0.39 is 0 Å². The Bertz CT molecular complexity index is 581. The zero-order valence-electron chi connectivity index (χ0n) is 10.0. The maximum atomic E-state index is 11.8. The highest BCUT2D eigenvalue weighted by Gasteiger charge is 2.08. The van der Waals surface area contributed by atoms with Crippen molar-refractivity contribution in [3.05, 3.63) is 49.9 Å². The fourth-order valence-electron chi connectivity index (χ4n) is 1.63. The van der Waals surface area contributed by atoms with Crippen LogP contribution >= 0.6 is 22.6 Å². The Hall–Kier alpha value is -1.37. The van der Waals surface area contributed by atoms with Gasteiger partial charge in [-0.15, -0.1) is 0 Å². The van der Waals surface area contributed by atoms with Crippen LogP contribution < -0.4 is 10.9 Å². The number of H-pyrrole nitrogens is 1. The largest absolute Gasteiger partial charge is 0.326 e. The number of para-hydroxylation sites is 1. The molecule has 0 aliphatic rings. The molecule has 0 saturated heterocycles. The Morgan fingerprint density at radius 3 is 2.72 bits per heavy atom. The second-order valence-electron chi connectivity index (χ2n) is 3.92. The van der Waals surface area contributed by atoms with E-state index in [1.165, 1.54) is 0 Å². The number of nitrogens with one attached hydrogen (secondary N) is 2. The lowest BCUT2D eigenvalue weighted by molar-refractivity contribution is 0.860. The van der Waals surface area contributed by atoms with Crippen LogP contribution in [0.1, 0.15) is 19.0 Å². The second-order valence-corrected chi connectivity index (χ2v) is 4.99. The molecule has 1 aromatic carbocycles. The van der Waals surface area contributed by atoms with Crippen LogP contribution in [0.5, 0.6) is 0 Å². The molecular weight excluding hydrogens is 341 g/mol. The summed E-state index contributed by atoms with van der Waals surface area (Å²) in [7, 11) is 0. The fourth-order valence-corrected chi connectivity index (χ4v) is 2.15. The first-order chi connectivity index (χ1) is 8.70. The fraction of sp³-hybridized carbons (Fsp3) is 0.231. The van der Waals surface area contributed by atoms with Crippen molar-refractivity contribution in [3.8, 4) is 0 Å². The first-order valence-corrected chi connectivity index (χ1v) is 6.89. The van der Waals surface area contributed by atoms with E-state index in [1.807, 2.05) is 52.9 Å². The zero-order chi connectivity index (χ0) is 13.0. The molecule has 2 rings (SSSR count). The van der Waals surface area contributed by atoms with Crippen molar-refractivity contribution in [2.45, 2.75) is 19.8 Å². The molecule has 94 valence electrons. The molecule has 0 unspecified atom stereocenters. The summed E-state index contributed by atoms with van der Waals surface area (Å²) in [5.41, 5.74) is 1.66. The van der Waals surface area contributed by atoms with Gasteiger partial charge in [-0.1, -0.05) is 31.5 Å². The van der Waals surface area contributed by atoms with Gasteiger partial charge in [0, 0.05) is 5.69 Å². The van der Waals surface area contributed by atoms with Gasteiger partial charge in [0.1, 0.15) is 0 Å². The number of aromatic nitrogens is 2. The molecule has 4 nitrogen and oxygen atoms in total. The molecule has 1 heterocycles. The Balaban J connectivity index is 2.32. The number of hydrogen-bond donors (Lipinski definition) is 2. The van der Waals surface area contributed by atoms with Gasteiger partial charge < -0.3 is 5.32 Å². The Morgan fingerprint density at radius 2 is 2.06 bits per heavy atom. The van der Waals surface area contributed by atoms with E-state index >= 15 is 0 Å². The molecule has 0 aliphatic heterocycles. The number of halogens is 1. The molecule has 0 bridgehead atoms.